The number of hydrogen-bond acceptors (Lipinski definition) is 5. The van der Waals surface area contributed by atoms with E-state index in [0.717, 1.165) is 25.6 Å². The number of hydrogen-bond donors (Lipinski definition) is 1. The number of guanidine groups is 1. The van der Waals surface area contributed by atoms with Crippen LogP contribution in [-0.2, 0) is 6.42 Å². The van der Waals surface area contributed by atoms with Crippen molar-refractivity contribution in [2.75, 3.05) is 26.2 Å². The van der Waals surface area contributed by atoms with Crippen molar-refractivity contribution in [1.29, 1.82) is 0 Å². The van der Waals surface area contributed by atoms with E-state index in [-0.39, 0.29) is 24.0 Å². The van der Waals surface area contributed by atoms with Crippen molar-refractivity contribution < 1.29 is 4.52 Å². The van der Waals surface area contributed by atoms with Crippen molar-refractivity contribution in [3.63, 3.8) is 0 Å². The first-order chi connectivity index (χ1) is 12.1. The molecule has 0 saturated carbocycles. The molecule has 1 saturated heterocycles. The monoisotopic (exact) mass is 470 g/mol. The predicted octanol–water partition coefficient (Wildman–Crippen LogP) is 2.99. The first-order valence-electron chi connectivity index (χ1n) is 8.85. The summed E-state index contributed by atoms with van der Waals surface area (Å²) in [4.78, 5) is 15.7. The van der Waals surface area contributed by atoms with E-state index in [1.54, 1.807) is 6.20 Å². The third-order valence-electron chi connectivity index (χ3n) is 4.26. The van der Waals surface area contributed by atoms with E-state index < -0.39 is 0 Å². The molecule has 2 aromatic rings. The van der Waals surface area contributed by atoms with Crippen LogP contribution < -0.4 is 5.32 Å². The molecule has 2 aromatic heterocycles. The van der Waals surface area contributed by atoms with E-state index in [1.807, 2.05) is 18.2 Å². The van der Waals surface area contributed by atoms with Crippen molar-refractivity contribution in [2.45, 2.75) is 33.6 Å². The molecule has 0 spiro atoms. The van der Waals surface area contributed by atoms with Gasteiger partial charge in [0.05, 0.1) is 0 Å². The molecular formula is C18H27IN6O. The maximum Gasteiger partial charge on any atom is 0.276 e. The lowest BCUT2D eigenvalue weighted by Crippen LogP contribution is -2.40. The Morgan fingerprint density at radius 1 is 1.38 bits per heavy atom. The number of pyridine rings is 1. The van der Waals surface area contributed by atoms with Gasteiger partial charge in [0.15, 0.2) is 11.8 Å². The molecule has 0 unspecified atom stereocenters. The van der Waals surface area contributed by atoms with Crippen LogP contribution in [0.5, 0.6) is 0 Å². The predicted molar refractivity (Wildman–Crippen MR) is 113 cm³/mol. The fourth-order valence-corrected chi connectivity index (χ4v) is 2.93. The van der Waals surface area contributed by atoms with E-state index in [2.05, 4.69) is 46.1 Å². The average molecular weight is 470 g/mol. The largest absolute Gasteiger partial charge is 0.357 e. The molecule has 7 nitrogen and oxygen atoms in total. The summed E-state index contributed by atoms with van der Waals surface area (Å²) in [6.07, 6.45) is 3.54. The highest BCUT2D eigenvalue weighted by molar-refractivity contribution is 14.0. The fourth-order valence-electron chi connectivity index (χ4n) is 2.93. The van der Waals surface area contributed by atoms with Crippen LogP contribution in [0.2, 0.25) is 0 Å². The minimum absolute atomic E-state index is 0. The van der Waals surface area contributed by atoms with Crippen LogP contribution in [-0.4, -0.2) is 52.2 Å². The summed E-state index contributed by atoms with van der Waals surface area (Å²) in [5, 5.41) is 7.41. The Kier molecular flexibility index (Phi) is 7.36. The van der Waals surface area contributed by atoms with E-state index in [0.29, 0.717) is 35.8 Å². The number of rotatable bonds is 5. The summed E-state index contributed by atoms with van der Waals surface area (Å²) in [7, 11) is 0. The normalized spacial score (nSPS) is 16.4. The van der Waals surface area contributed by atoms with Gasteiger partial charge < -0.3 is 14.7 Å². The summed E-state index contributed by atoms with van der Waals surface area (Å²) < 4.78 is 5.28. The second-order valence-electron chi connectivity index (χ2n) is 7.05. The van der Waals surface area contributed by atoms with Gasteiger partial charge in [-0.25, -0.2) is 0 Å². The Bertz CT molecular complexity index is 715. The number of halogens is 1. The smallest absolute Gasteiger partial charge is 0.276 e. The maximum atomic E-state index is 5.28. The molecule has 0 bridgehead atoms. The Labute approximate surface area is 171 Å². The summed E-state index contributed by atoms with van der Waals surface area (Å²) >= 11 is 0. The second-order valence-corrected chi connectivity index (χ2v) is 7.05. The molecule has 1 N–H and O–H groups in total. The van der Waals surface area contributed by atoms with Crippen LogP contribution in [0.25, 0.3) is 11.6 Å². The Morgan fingerprint density at radius 3 is 2.88 bits per heavy atom. The summed E-state index contributed by atoms with van der Waals surface area (Å²) in [5.41, 5.74) is 1.04. The first kappa shape index (κ1) is 20.6. The zero-order valence-corrected chi connectivity index (χ0v) is 17.9. The van der Waals surface area contributed by atoms with E-state index in [1.165, 1.54) is 6.42 Å². The van der Waals surface area contributed by atoms with Crippen molar-refractivity contribution in [3.8, 4) is 11.6 Å². The van der Waals surface area contributed by atoms with Crippen LogP contribution in [0.15, 0.2) is 33.9 Å². The highest BCUT2D eigenvalue weighted by Crippen LogP contribution is 2.28. The molecule has 1 fully saturated rings. The standard InChI is InChI=1S/C18H26N6O.HI/c1-4-19-17(24-12-9-18(2,3)13-24)21-11-8-15-22-16(25-23-15)14-7-5-6-10-20-14;/h5-7,10H,4,8-9,11-13H2,1-3H3,(H,19,21);1H. The number of aromatic nitrogens is 3. The van der Waals surface area contributed by atoms with Gasteiger partial charge in [-0.15, -0.1) is 24.0 Å². The molecule has 0 aliphatic carbocycles. The molecule has 0 aromatic carbocycles. The topological polar surface area (TPSA) is 79.4 Å². The van der Waals surface area contributed by atoms with E-state index in [9.17, 15) is 0 Å². The molecule has 3 heterocycles. The number of nitrogens with one attached hydrogen (secondary N) is 1. The zero-order chi connectivity index (χ0) is 17.7. The van der Waals surface area contributed by atoms with Gasteiger partial charge in [0, 0.05) is 38.8 Å². The highest BCUT2D eigenvalue weighted by Gasteiger charge is 2.30. The quantitative estimate of drug-likeness (QED) is 0.411. The third kappa shape index (κ3) is 5.39. The average Bonchev–Trinajstić information content (AvgIpc) is 3.21. The van der Waals surface area contributed by atoms with Gasteiger partial charge in [-0.3, -0.25) is 9.98 Å². The summed E-state index contributed by atoms with van der Waals surface area (Å²) in [6, 6.07) is 5.61. The van der Waals surface area contributed by atoms with Crippen molar-refractivity contribution >= 4 is 29.9 Å². The Balaban J connectivity index is 0.00000243. The second kappa shape index (κ2) is 9.29. The molecule has 1 aliphatic heterocycles. The maximum absolute atomic E-state index is 5.28. The van der Waals surface area contributed by atoms with Crippen molar-refractivity contribution in [2.24, 2.45) is 10.4 Å². The minimum atomic E-state index is 0. The SMILES string of the molecule is CCNC(=NCCc1noc(-c2ccccn2)n1)N1CCC(C)(C)C1.I. The molecule has 142 valence electrons. The molecule has 26 heavy (non-hydrogen) atoms. The number of nitrogens with zero attached hydrogens (tertiary/aromatic N) is 5. The minimum Gasteiger partial charge on any atom is -0.357 e. The molecule has 0 radical (unpaired) electrons. The lowest BCUT2D eigenvalue weighted by atomic mass is 9.93. The van der Waals surface area contributed by atoms with Gasteiger partial charge in [0.2, 0.25) is 0 Å². The van der Waals surface area contributed by atoms with Crippen LogP contribution in [0, 0.1) is 5.41 Å². The number of likely N-dealkylation sites (tertiary alicyclic amines) is 1. The van der Waals surface area contributed by atoms with E-state index >= 15 is 0 Å². The van der Waals surface area contributed by atoms with Gasteiger partial charge in [-0.05, 0) is 30.9 Å². The Morgan fingerprint density at radius 2 is 2.23 bits per heavy atom. The summed E-state index contributed by atoms with van der Waals surface area (Å²) in [6.45, 7) is 10.3. The molecular weight excluding hydrogens is 443 g/mol. The van der Waals surface area contributed by atoms with Crippen LogP contribution in [0.3, 0.4) is 0 Å². The molecule has 1 aliphatic rings. The zero-order valence-electron chi connectivity index (χ0n) is 15.6. The van der Waals surface area contributed by atoms with Gasteiger partial charge in [0.1, 0.15) is 5.69 Å². The van der Waals surface area contributed by atoms with Gasteiger partial charge in [-0.1, -0.05) is 25.1 Å². The molecule has 8 heteroatoms. The van der Waals surface area contributed by atoms with Crippen LogP contribution >= 0.6 is 24.0 Å². The third-order valence-corrected chi connectivity index (χ3v) is 4.26. The Hall–Kier alpha value is -1.71. The van der Waals surface area contributed by atoms with Gasteiger partial charge in [-0.2, -0.15) is 4.98 Å². The molecule has 3 rings (SSSR count). The molecule has 0 amide bonds. The fraction of sp³-hybridized carbons (Fsp3) is 0.556. The van der Waals surface area contributed by atoms with E-state index in [4.69, 9.17) is 9.52 Å². The highest BCUT2D eigenvalue weighted by atomic mass is 127. The lowest BCUT2D eigenvalue weighted by Gasteiger charge is -2.23. The molecule has 0 atom stereocenters. The first-order valence-corrected chi connectivity index (χ1v) is 8.85. The summed E-state index contributed by atoms with van der Waals surface area (Å²) in [5.74, 6) is 2.08. The van der Waals surface area contributed by atoms with Crippen LogP contribution in [0.1, 0.15) is 33.0 Å². The van der Waals surface area contributed by atoms with Crippen LogP contribution in [0.4, 0.5) is 0 Å². The number of aliphatic imine (C=N–C) groups is 1. The van der Waals surface area contributed by atoms with Gasteiger partial charge in [0.25, 0.3) is 5.89 Å². The van der Waals surface area contributed by atoms with Gasteiger partial charge >= 0.3 is 0 Å². The lowest BCUT2D eigenvalue weighted by molar-refractivity contribution is 0.370. The van der Waals surface area contributed by atoms with Crippen molar-refractivity contribution in [3.05, 3.63) is 30.2 Å². The van der Waals surface area contributed by atoms with Crippen molar-refractivity contribution in [1.82, 2.24) is 25.3 Å².